The van der Waals surface area contributed by atoms with Gasteiger partial charge < -0.3 is 4.74 Å². The maximum absolute atomic E-state index is 5.43. The molecule has 1 heterocycles. The quantitative estimate of drug-likeness (QED) is 0.600. The second-order valence-corrected chi connectivity index (χ2v) is 3.51. The fourth-order valence-electron chi connectivity index (χ4n) is 1.66. The second kappa shape index (κ2) is 4.07. The summed E-state index contributed by atoms with van der Waals surface area (Å²) in [5.74, 6) is 0.718. The molecule has 0 aromatic carbocycles. The Morgan fingerprint density at radius 3 is 2.73 bits per heavy atom. The Morgan fingerprint density at radius 1 is 1.55 bits per heavy atom. The van der Waals surface area contributed by atoms with Crippen LogP contribution in [-0.2, 0) is 4.74 Å². The summed E-state index contributed by atoms with van der Waals surface area (Å²) in [6.45, 7) is 10.9. The summed E-state index contributed by atoms with van der Waals surface area (Å²) in [5, 5.41) is 0. The summed E-state index contributed by atoms with van der Waals surface area (Å²) < 4.78 is 5.43. The lowest BCUT2D eigenvalue weighted by atomic mass is 10.0. The Hall–Kier alpha value is -0.0800. The summed E-state index contributed by atoms with van der Waals surface area (Å²) in [6.07, 6.45) is 0. The van der Waals surface area contributed by atoms with Crippen molar-refractivity contribution in [3.63, 3.8) is 0 Å². The third-order valence-electron chi connectivity index (χ3n) is 2.46. The standard InChI is InChI=1S/C9H19NO/c1-4-10-5-6-11-7-9(10)8(2)3/h8-9H,4-7H2,1-3H3/t9-/m0/s1. The summed E-state index contributed by atoms with van der Waals surface area (Å²) in [6, 6.07) is 0.647. The number of ether oxygens (including phenoxy) is 1. The van der Waals surface area contributed by atoms with Crippen molar-refractivity contribution >= 4 is 0 Å². The first-order valence-electron chi connectivity index (χ1n) is 4.57. The van der Waals surface area contributed by atoms with E-state index < -0.39 is 0 Å². The zero-order valence-electron chi connectivity index (χ0n) is 7.84. The molecule has 0 bridgehead atoms. The minimum Gasteiger partial charge on any atom is -0.378 e. The Morgan fingerprint density at radius 2 is 2.27 bits per heavy atom. The SMILES string of the molecule is CCN1CCOC[C@H]1C(C)C. The van der Waals surface area contributed by atoms with Crippen molar-refractivity contribution in [2.75, 3.05) is 26.3 Å². The molecule has 11 heavy (non-hydrogen) atoms. The third-order valence-corrected chi connectivity index (χ3v) is 2.46. The first-order chi connectivity index (χ1) is 5.25. The number of hydrogen-bond acceptors (Lipinski definition) is 2. The second-order valence-electron chi connectivity index (χ2n) is 3.51. The third kappa shape index (κ3) is 2.17. The summed E-state index contributed by atoms with van der Waals surface area (Å²) in [7, 11) is 0. The fraction of sp³-hybridized carbons (Fsp3) is 1.00. The zero-order valence-corrected chi connectivity index (χ0v) is 7.84. The highest BCUT2D eigenvalue weighted by molar-refractivity contribution is 4.76. The van der Waals surface area contributed by atoms with Crippen LogP contribution in [0.3, 0.4) is 0 Å². The van der Waals surface area contributed by atoms with Gasteiger partial charge in [0, 0.05) is 12.6 Å². The van der Waals surface area contributed by atoms with Gasteiger partial charge in [-0.25, -0.2) is 0 Å². The van der Waals surface area contributed by atoms with Crippen LogP contribution in [0.4, 0.5) is 0 Å². The Kier molecular flexibility index (Phi) is 3.34. The predicted molar refractivity (Wildman–Crippen MR) is 46.7 cm³/mol. The summed E-state index contributed by atoms with van der Waals surface area (Å²) in [4.78, 5) is 2.51. The van der Waals surface area contributed by atoms with Gasteiger partial charge in [-0.2, -0.15) is 0 Å². The minimum atomic E-state index is 0.647. The first kappa shape index (κ1) is 9.01. The molecule has 1 atom stereocenters. The largest absolute Gasteiger partial charge is 0.378 e. The molecule has 0 spiro atoms. The molecule has 2 nitrogen and oxygen atoms in total. The smallest absolute Gasteiger partial charge is 0.0624 e. The van der Waals surface area contributed by atoms with Crippen LogP contribution in [0.1, 0.15) is 20.8 Å². The van der Waals surface area contributed by atoms with Crippen molar-refractivity contribution < 1.29 is 4.74 Å². The topological polar surface area (TPSA) is 12.5 Å². The van der Waals surface area contributed by atoms with Gasteiger partial charge in [0.05, 0.1) is 13.2 Å². The first-order valence-corrected chi connectivity index (χ1v) is 4.57. The van der Waals surface area contributed by atoms with Crippen molar-refractivity contribution in [3.8, 4) is 0 Å². The Labute approximate surface area is 69.5 Å². The van der Waals surface area contributed by atoms with Gasteiger partial charge in [-0.05, 0) is 12.5 Å². The monoisotopic (exact) mass is 157 g/mol. The van der Waals surface area contributed by atoms with Gasteiger partial charge in [0.2, 0.25) is 0 Å². The van der Waals surface area contributed by atoms with Crippen molar-refractivity contribution in [2.45, 2.75) is 26.8 Å². The lowest BCUT2D eigenvalue weighted by molar-refractivity contribution is -0.0216. The van der Waals surface area contributed by atoms with Crippen LogP contribution in [0, 0.1) is 5.92 Å². The molecule has 1 fully saturated rings. The number of rotatable bonds is 2. The highest BCUT2D eigenvalue weighted by Gasteiger charge is 2.23. The summed E-state index contributed by atoms with van der Waals surface area (Å²) >= 11 is 0. The van der Waals surface area contributed by atoms with Gasteiger partial charge in [-0.1, -0.05) is 20.8 Å². The minimum absolute atomic E-state index is 0.647. The number of likely N-dealkylation sites (N-methyl/N-ethyl adjacent to an activating group) is 1. The molecule has 0 aromatic rings. The Bertz CT molecular complexity index is 114. The molecule has 0 saturated carbocycles. The van der Waals surface area contributed by atoms with Crippen LogP contribution in [0.25, 0.3) is 0 Å². The average Bonchev–Trinajstić information content (AvgIpc) is 2.04. The van der Waals surface area contributed by atoms with E-state index in [0.717, 1.165) is 32.2 Å². The molecule has 0 amide bonds. The van der Waals surface area contributed by atoms with Gasteiger partial charge in [0.15, 0.2) is 0 Å². The zero-order chi connectivity index (χ0) is 8.27. The van der Waals surface area contributed by atoms with Crippen LogP contribution in [0.15, 0.2) is 0 Å². The van der Waals surface area contributed by atoms with E-state index in [4.69, 9.17) is 4.74 Å². The van der Waals surface area contributed by atoms with Crippen LogP contribution in [0.5, 0.6) is 0 Å². The average molecular weight is 157 g/mol. The molecule has 1 saturated heterocycles. The van der Waals surface area contributed by atoms with E-state index in [2.05, 4.69) is 25.7 Å². The van der Waals surface area contributed by atoms with E-state index in [0.29, 0.717) is 6.04 Å². The highest BCUT2D eigenvalue weighted by atomic mass is 16.5. The molecule has 2 heteroatoms. The maximum atomic E-state index is 5.43. The number of hydrogen-bond donors (Lipinski definition) is 0. The van der Waals surface area contributed by atoms with Gasteiger partial charge in [0.25, 0.3) is 0 Å². The van der Waals surface area contributed by atoms with Gasteiger partial charge in [0.1, 0.15) is 0 Å². The van der Waals surface area contributed by atoms with Crippen LogP contribution in [-0.4, -0.2) is 37.2 Å². The van der Waals surface area contributed by atoms with Crippen molar-refractivity contribution in [2.24, 2.45) is 5.92 Å². The van der Waals surface area contributed by atoms with Crippen LogP contribution < -0.4 is 0 Å². The van der Waals surface area contributed by atoms with Crippen LogP contribution in [0.2, 0.25) is 0 Å². The molecular formula is C9H19NO. The molecule has 0 unspecified atom stereocenters. The molecular weight excluding hydrogens is 138 g/mol. The van der Waals surface area contributed by atoms with E-state index in [1.165, 1.54) is 0 Å². The number of morpholine rings is 1. The van der Waals surface area contributed by atoms with E-state index in [1.807, 2.05) is 0 Å². The molecule has 1 aliphatic rings. The van der Waals surface area contributed by atoms with E-state index in [9.17, 15) is 0 Å². The molecule has 0 radical (unpaired) electrons. The predicted octanol–water partition coefficient (Wildman–Crippen LogP) is 1.36. The normalized spacial score (nSPS) is 27.8. The molecule has 1 rings (SSSR count). The lowest BCUT2D eigenvalue weighted by Crippen LogP contribution is -2.47. The number of nitrogens with zero attached hydrogens (tertiary/aromatic N) is 1. The lowest BCUT2D eigenvalue weighted by Gasteiger charge is -2.37. The van der Waals surface area contributed by atoms with Crippen molar-refractivity contribution in [3.05, 3.63) is 0 Å². The van der Waals surface area contributed by atoms with Gasteiger partial charge >= 0.3 is 0 Å². The molecule has 0 N–H and O–H groups in total. The Balaban J connectivity index is 2.44. The van der Waals surface area contributed by atoms with E-state index >= 15 is 0 Å². The highest BCUT2D eigenvalue weighted by Crippen LogP contribution is 2.14. The van der Waals surface area contributed by atoms with Crippen LogP contribution >= 0.6 is 0 Å². The molecule has 0 aliphatic carbocycles. The molecule has 1 aliphatic heterocycles. The van der Waals surface area contributed by atoms with Crippen molar-refractivity contribution in [1.82, 2.24) is 4.90 Å². The molecule has 66 valence electrons. The molecule has 0 aromatic heterocycles. The van der Waals surface area contributed by atoms with E-state index in [-0.39, 0.29) is 0 Å². The van der Waals surface area contributed by atoms with E-state index in [1.54, 1.807) is 0 Å². The van der Waals surface area contributed by atoms with Gasteiger partial charge in [-0.15, -0.1) is 0 Å². The maximum Gasteiger partial charge on any atom is 0.0624 e. The van der Waals surface area contributed by atoms with Gasteiger partial charge in [-0.3, -0.25) is 4.90 Å². The van der Waals surface area contributed by atoms with Crippen molar-refractivity contribution in [1.29, 1.82) is 0 Å². The fourth-order valence-corrected chi connectivity index (χ4v) is 1.66. The summed E-state index contributed by atoms with van der Waals surface area (Å²) in [5.41, 5.74) is 0.